The Morgan fingerprint density at radius 3 is 2.58 bits per heavy atom. The zero-order valence-electron chi connectivity index (χ0n) is 21.9. The molecule has 2 N–H and O–H groups in total. The maximum absolute atomic E-state index is 13.6. The fourth-order valence-corrected chi connectivity index (χ4v) is 7.06. The Morgan fingerprint density at radius 1 is 1.05 bits per heavy atom. The van der Waals surface area contributed by atoms with Gasteiger partial charge in [0.1, 0.15) is 0 Å². The van der Waals surface area contributed by atoms with Crippen LogP contribution in [0.15, 0.2) is 48.5 Å². The largest absolute Gasteiger partial charge is 0.493 e. The Balaban J connectivity index is 1.37. The van der Waals surface area contributed by atoms with Crippen molar-refractivity contribution in [3.63, 3.8) is 0 Å². The Kier molecular flexibility index (Phi) is 7.59. The number of benzene rings is 2. The summed E-state index contributed by atoms with van der Waals surface area (Å²) in [4.78, 5) is 17.9. The third-order valence-electron chi connectivity index (χ3n) is 8.00. The second-order valence-corrected chi connectivity index (χ2v) is 11.5. The van der Waals surface area contributed by atoms with Crippen molar-refractivity contribution < 1.29 is 23.0 Å². The molecule has 0 radical (unpaired) electrons. The molecule has 0 bridgehead atoms. The van der Waals surface area contributed by atoms with Crippen molar-refractivity contribution in [2.45, 2.75) is 56.7 Å². The molecule has 38 heavy (non-hydrogen) atoms. The molecular formula is C29H33F2N3O3S. The van der Waals surface area contributed by atoms with Crippen molar-refractivity contribution in [1.82, 2.24) is 10.2 Å². The number of rotatable bonds is 7. The van der Waals surface area contributed by atoms with Crippen molar-refractivity contribution in [2.24, 2.45) is 0 Å². The molecule has 6 nitrogen and oxygen atoms in total. The van der Waals surface area contributed by atoms with Crippen LogP contribution in [0.2, 0.25) is 0 Å². The van der Waals surface area contributed by atoms with Gasteiger partial charge in [0.25, 0.3) is 0 Å². The average Bonchev–Trinajstić information content (AvgIpc) is 3.49. The van der Waals surface area contributed by atoms with E-state index >= 15 is 0 Å². The molecule has 0 unspecified atom stereocenters. The quantitative estimate of drug-likeness (QED) is 0.372. The molecule has 2 amide bonds. The van der Waals surface area contributed by atoms with Gasteiger partial charge in [-0.15, -0.1) is 11.3 Å². The maximum atomic E-state index is 13.6. The lowest BCUT2D eigenvalue weighted by atomic mass is 9.65. The number of halogens is 2. The minimum atomic E-state index is -0.995. The number of likely N-dealkylation sites (tertiary alicyclic amines) is 1. The predicted octanol–water partition coefficient (Wildman–Crippen LogP) is 6.24. The number of carbonyl (C=O) groups is 1. The van der Waals surface area contributed by atoms with Gasteiger partial charge in [-0.1, -0.05) is 6.07 Å². The second-order valence-electron chi connectivity index (χ2n) is 10.2. The molecule has 9 heteroatoms. The average molecular weight is 542 g/mol. The number of fused-ring (bicyclic) bond motifs is 1. The Morgan fingerprint density at radius 2 is 1.87 bits per heavy atom. The van der Waals surface area contributed by atoms with E-state index in [1.165, 1.54) is 21.4 Å². The van der Waals surface area contributed by atoms with Crippen LogP contribution in [0.5, 0.6) is 11.5 Å². The number of urea groups is 1. The lowest BCUT2D eigenvalue weighted by Gasteiger charge is -2.45. The van der Waals surface area contributed by atoms with E-state index < -0.39 is 17.7 Å². The zero-order valence-corrected chi connectivity index (χ0v) is 22.7. The summed E-state index contributed by atoms with van der Waals surface area (Å²) in [6.45, 7) is 3.95. The number of aryl methyl sites for hydroxylation is 1. The van der Waals surface area contributed by atoms with E-state index in [0.717, 1.165) is 56.7 Å². The number of carbonyl (C=O) groups excluding carboxylic acids is 1. The third kappa shape index (κ3) is 5.22. The van der Waals surface area contributed by atoms with Crippen LogP contribution in [0.1, 0.15) is 41.0 Å². The number of nitrogens with one attached hydrogen (secondary N) is 2. The van der Waals surface area contributed by atoms with Gasteiger partial charge in [0.15, 0.2) is 23.1 Å². The number of thiophene rings is 1. The van der Waals surface area contributed by atoms with E-state index in [-0.39, 0.29) is 23.2 Å². The van der Waals surface area contributed by atoms with Gasteiger partial charge in [-0.05, 0) is 81.1 Å². The molecule has 3 aromatic rings. The van der Waals surface area contributed by atoms with Gasteiger partial charge in [-0.3, -0.25) is 4.90 Å². The van der Waals surface area contributed by atoms with Crippen molar-refractivity contribution in [1.29, 1.82) is 0 Å². The predicted molar refractivity (Wildman–Crippen MR) is 145 cm³/mol. The van der Waals surface area contributed by atoms with Crippen LogP contribution in [0.25, 0.3) is 0 Å². The maximum Gasteiger partial charge on any atom is 0.319 e. The number of anilines is 1. The van der Waals surface area contributed by atoms with Crippen molar-refractivity contribution in [3.8, 4) is 11.5 Å². The number of ether oxygens (including phenoxy) is 2. The van der Waals surface area contributed by atoms with E-state index in [1.807, 2.05) is 17.4 Å². The standard InChI is InChI=1S/C29H33F2N3O3S/c1-18-4-7-22(38-18)17-34-13-12-29(19-5-9-25(36-2)26(14-19)37-3)11-10-21(16-27(29)34)33-28(35)32-20-6-8-23(30)24(31)15-20/h4-9,14-15,21,27H,10-13,16-17H2,1-3H3,(H2,32,33,35)/t21-,27+,29-/m0/s1. The highest BCUT2D eigenvalue weighted by Crippen LogP contribution is 2.51. The van der Waals surface area contributed by atoms with Gasteiger partial charge in [-0.2, -0.15) is 0 Å². The molecule has 2 heterocycles. The lowest BCUT2D eigenvalue weighted by molar-refractivity contribution is 0.132. The van der Waals surface area contributed by atoms with Crippen LogP contribution in [-0.2, 0) is 12.0 Å². The molecule has 5 rings (SSSR count). The first-order chi connectivity index (χ1) is 18.3. The number of hydrogen-bond donors (Lipinski definition) is 2. The van der Waals surface area contributed by atoms with Gasteiger partial charge in [0, 0.05) is 45.6 Å². The van der Waals surface area contributed by atoms with Crippen LogP contribution in [0.3, 0.4) is 0 Å². The zero-order chi connectivity index (χ0) is 26.9. The summed E-state index contributed by atoms with van der Waals surface area (Å²) in [5.41, 5.74) is 1.38. The minimum Gasteiger partial charge on any atom is -0.493 e. The lowest BCUT2D eigenvalue weighted by Crippen LogP contribution is -2.52. The summed E-state index contributed by atoms with van der Waals surface area (Å²) in [7, 11) is 3.30. The molecule has 3 atom stereocenters. The number of methoxy groups -OCH3 is 2. The molecule has 2 aliphatic rings. The van der Waals surface area contributed by atoms with Crippen molar-refractivity contribution in [2.75, 3.05) is 26.1 Å². The highest BCUT2D eigenvalue weighted by molar-refractivity contribution is 7.11. The molecule has 2 aromatic carbocycles. The highest BCUT2D eigenvalue weighted by Gasteiger charge is 2.51. The van der Waals surface area contributed by atoms with E-state index in [1.54, 1.807) is 14.2 Å². The van der Waals surface area contributed by atoms with Crippen LogP contribution < -0.4 is 20.1 Å². The fraction of sp³-hybridized carbons (Fsp3) is 0.414. The summed E-state index contributed by atoms with van der Waals surface area (Å²) in [6.07, 6.45) is 3.51. The van der Waals surface area contributed by atoms with Gasteiger partial charge < -0.3 is 20.1 Å². The van der Waals surface area contributed by atoms with E-state index in [9.17, 15) is 13.6 Å². The molecule has 0 spiro atoms. The summed E-state index contributed by atoms with van der Waals surface area (Å²) < 4.78 is 38.0. The van der Waals surface area contributed by atoms with E-state index in [2.05, 4.69) is 46.7 Å². The van der Waals surface area contributed by atoms with Gasteiger partial charge in [0.2, 0.25) is 0 Å². The Labute approximate surface area is 225 Å². The SMILES string of the molecule is COc1ccc([C@@]23CC[C@H](NC(=O)Nc4ccc(F)c(F)c4)C[C@H]2N(Cc2ccc(C)s2)CC3)cc1OC. The van der Waals surface area contributed by atoms with Crippen molar-refractivity contribution in [3.05, 3.63) is 75.5 Å². The van der Waals surface area contributed by atoms with E-state index in [4.69, 9.17) is 9.47 Å². The summed E-state index contributed by atoms with van der Waals surface area (Å²) in [5, 5.41) is 5.72. The molecule has 2 fully saturated rings. The molecule has 1 aliphatic carbocycles. The molecule has 202 valence electrons. The molecule has 1 aliphatic heterocycles. The monoisotopic (exact) mass is 541 g/mol. The van der Waals surface area contributed by atoms with Gasteiger partial charge >= 0.3 is 6.03 Å². The fourth-order valence-electron chi connectivity index (χ4n) is 6.14. The molecule has 1 saturated heterocycles. The highest BCUT2D eigenvalue weighted by atomic mass is 32.1. The first-order valence-electron chi connectivity index (χ1n) is 12.9. The first kappa shape index (κ1) is 26.4. The van der Waals surface area contributed by atoms with Crippen LogP contribution in [0, 0.1) is 18.6 Å². The number of amides is 2. The molecule has 1 saturated carbocycles. The number of nitrogens with zero attached hydrogens (tertiary/aromatic N) is 1. The van der Waals surface area contributed by atoms with Gasteiger partial charge in [-0.25, -0.2) is 13.6 Å². The first-order valence-corrected chi connectivity index (χ1v) is 13.7. The molecule has 1 aromatic heterocycles. The third-order valence-corrected chi connectivity index (χ3v) is 8.98. The molecular weight excluding hydrogens is 508 g/mol. The van der Waals surface area contributed by atoms with E-state index in [0.29, 0.717) is 5.75 Å². The second kappa shape index (κ2) is 10.9. The normalized spacial score (nSPS) is 23.1. The van der Waals surface area contributed by atoms with Gasteiger partial charge in [0.05, 0.1) is 14.2 Å². The van der Waals surface area contributed by atoms with Crippen molar-refractivity contribution >= 4 is 23.1 Å². The summed E-state index contributed by atoms with van der Waals surface area (Å²) in [5.74, 6) is -0.517. The smallest absolute Gasteiger partial charge is 0.319 e. The Hall–Kier alpha value is -3.17. The summed E-state index contributed by atoms with van der Waals surface area (Å²) >= 11 is 1.82. The van der Waals surface area contributed by atoms with Crippen LogP contribution in [-0.4, -0.2) is 43.8 Å². The topological polar surface area (TPSA) is 62.8 Å². The minimum absolute atomic E-state index is 0.0516. The van der Waals surface area contributed by atoms with Crippen LogP contribution >= 0.6 is 11.3 Å². The number of hydrogen-bond acceptors (Lipinski definition) is 5. The summed E-state index contributed by atoms with van der Waals surface area (Å²) in [6, 6.07) is 13.7. The van der Waals surface area contributed by atoms with Crippen LogP contribution in [0.4, 0.5) is 19.3 Å². The Bertz CT molecular complexity index is 1320.